The van der Waals surface area contributed by atoms with Gasteiger partial charge in [-0.25, -0.2) is 0 Å². The van der Waals surface area contributed by atoms with Gasteiger partial charge in [0.2, 0.25) is 0 Å². The van der Waals surface area contributed by atoms with Gasteiger partial charge in [-0.15, -0.1) is 0 Å². The van der Waals surface area contributed by atoms with Gasteiger partial charge in [0.15, 0.2) is 11.5 Å². The van der Waals surface area contributed by atoms with Crippen molar-refractivity contribution in [1.82, 2.24) is 0 Å². The molecular formula is C14H12F6O2. The molecule has 0 amide bonds. The number of hydrogen-bond acceptors (Lipinski definition) is 2. The fraction of sp³-hybridized carbons (Fsp3) is 0.286. The fourth-order valence-corrected chi connectivity index (χ4v) is 1.65. The van der Waals surface area contributed by atoms with Crippen molar-refractivity contribution < 1.29 is 35.8 Å². The highest BCUT2D eigenvalue weighted by molar-refractivity contribution is 5.73. The van der Waals surface area contributed by atoms with Crippen molar-refractivity contribution in [2.75, 3.05) is 14.2 Å². The van der Waals surface area contributed by atoms with Gasteiger partial charge in [-0.2, -0.15) is 26.3 Å². The van der Waals surface area contributed by atoms with Crippen molar-refractivity contribution >= 4 is 12.2 Å². The van der Waals surface area contributed by atoms with E-state index in [0.717, 1.165) is 0 Å². The van der Waals surface area contributed by atoms with Gasteiger partial charge in [0.1, 0.15) is 0 Å². The van der Waals surface area contributed by atoms with Crippen LogP contribution in [0.3, 0.4) is 0 Å². The molecule has 22 heavy (non-hydrogen) atoms. The largest absolute Gasteiger partial charge is 0.493 e. The molecule has 0 saturated heterocycles. The average molecular weight is 326 g/mol. The van der Waals surface area contributed by atoms with Crippen LogP contribution in [-0.2, 0) is 0 Å². The lowest BCUT2D eigenvalue weighted by atomic mass is 10.0. The third-order valence-electron chi connectivity index (χ3n) is 2.51. The first kappa shape index (κ1) is 17.9. The summed E-state index contributed by atoms with van der Waals surface area (Å²) in [6.45, 7) is 0. The van der Waals surface area contributed by atoms with E-state index >= 15 is 0 Å². The predicted octanol–water partition coefficient (Wildman–Crippen LogP) is 4.85. The van der Waals surface area contributed by atoms with Crippen LogP contribution < -0.4 is 9.47 Å². The van der Waals surface area contributed by atoms with Crippen LogP contribution in [0.4, 0.5) is 26.3 Å². The Kier molecular flexibility index (Phi) is 5.51. The third-order valence-corrected chi connectivity index (χ3v) is 2.51. The Morgan fingerprint density at radius 2 is 1.36 bits per heavy atom. The Morgan fingerprint density at radius 3 is 1.82 bits per heavy atom. The van der Waals surface area contributed by atoms with Crippen LogP contribution in [0.5, 0.6) is 11.5 Å². The summed E-state index contributed by atoms with van der Waals surface area (Å²) in [5, 5.41) is 0. The molecule has 0 unspecified atom stereocenters. The molecule has 0 atom stereocenters. The molecule has 1 aromatic carbocycles. The van der Waals surface area contributed by atoms with Gasteiger partial charge in [0.05, 0.1) is 14.2 Å². The van der Waals surface area contributed by atoms with Crippen molar-refractivity contribution in [1.29, 1.82) is 0 Å². The lowest BCUT2D eigenvalue weighted by Gasteiger charge is -2.13. The van der Waals surface area contributed by atoms with Crippen molar-refractivity contribution in [2.24, 2.45) is 0 Å². The smallest absolute Gasteiger partial charge is 0.409 e. The standard InChI is InChI=1S/C14H12F6O2/c1-21-11-4-3-9(5-7-13(15,16)17)10(12(11)22-2)6-8-14(18,19)20/h3-8H,1-2H3. The molecule has 122 valence electrons. The molecule has 0 radical (unpaired) electrons. The molecule has 0 fully saturated rings. The number of rotatable bonds is 4. The predicted molar refractivity (Wildman–Crippen MR) is 69.7 cm³/mol. The summed E-state index contributed by atoms with van der Waals surface area (Å²) in [4.78, 5) is 0. The zero-order valence-electron chi connectivity index (χ0n) is 11.5. The molecule has 1 aromatic rings. The minimum absolute atomic E-state index is 0.0703. The summed E-state index contributed by atoms with van der Waals surface area (Å²) >= 11 is 0. The minimum atomic E-state index is -4.61. The van der Waals surface area contributed by atoms with Crippen LogP contribution in [0.25, 0.3) is 12.2 Å². The molecule has 0 heterocycles. The van der Waals surface area contributed by atoms with Crippen molar-refractivity contribution in [3.05, 3.63) is 35.4 Å². The molecular weight excluding hydrogens is 314 g/mol. The number of ether oxygens (including phenoxy) is 2. The molecule has 0 spiro atoms. The Bertz CT molecular complexity index is 570. The van der Waals surface area contributed by atoms with E-state index in [9.17, 15) is 26.3 Å². The summed E-state index contributed by atoms with van der Waals surface area (Å²) in [7, 11) is 2.44. The Hall–Kier alpha value is -2.12. The van der Waals surface area contributed by atoms with Crippen LogP contribution in [-0.4, -0.2) is 26.6 Å². The van der Waals surface area contributed by atoms with Gasteiger partial charge in [-0.05, 0) is 23.8 Å². The van der Waals surface area contributed by atoms with E-state index in [2.05, 4.69) is 0 Å². The van der Waals surface area contributed by atoms with Crippen LogP contribution in [0.15, 0.2) is 24.3 Å². The summed E-state index contributed by atoms with van der Waals surface area (Å²) in [6, 6.07) is 2.51. The highest BCUT2D eigenvalue weighted by Crippen LogP contribution is 2.36. The SMILES string of the molecule is COc1ccc(C=CC(F)(F)F)c(C=CC(F)(F)F)c1OC. The van der Waals surface area contributed by atoms with E-state index in [1.165, 1.54) is 26.4 Å². The van der Waals surface area contributed by atoms with Gasteiger partial charge in [-0.3, -0.25) is 0 Å². The van der Waals surface area contributed by atoms with Gasteiger partial charge >= 0.3 is 12.4 Å². The van der Waals surface area contributed by atoms with Crippen molar-refractivity contribution in [2.45, 2.75) is 12.4 Å². The number of methoxy groups -OCH3 is 2. The second kappa shape index (κ2) is 6.76. The van der Waals surface area contributed by atoms with Crippen LogP contribution in [0.2, 0.25) is 0 Å². The zero-order chi connectivity index (χ0) is 17.0. The molecule has 0 N–H and O–H groups in total. The van der Waals surface area contributed by atoms with Crippen LogP contribution in [0, 0.1) is 0 Å². The van der Waals surface area contributed by atoms with Gasteiger partial charge in [-0.1, -0.05) is 6.07 Å². The molecule has 2 nitrogen and oxygen atoms in total. The monoisotopic (exact) mass is 326 g/mol. The maximum Gasteiger partial charge on any atom is 0.409 e. The number of hydrogen-bond donors (Lipinski definition) is 0. The molecule has 0 saturated carbocycles. The molecule has 0 aliphatic carbocycles. The van der Waals surface area contributed by atoms with Gasteiger partial charge < -0.3 is 9.47 Å². The normalized spacial score (nSPS) is 13.1. The van der Waals surface area contributed by atoms with E-state index in [0.29, 0.717) is 12.2 Å². The molecule has 8 heteroatoms. The molecule has 0 aromatic heterocycles. The Balaban J connectivity index is 3.44. The first-order valence-corrected chi connectivity index (χ1v) is 5.84. The maximum atomic E-state index is 12.3. The zero-order valence-corrected chi connectivity index (χ0v) is 11.5. The summed E-state index contributed by atoms with van der Waals surface area (Å²) < 4.78 is 83.5. The van der Waals surface area contributed by atoms with Gasteiger partial charge in [0, 0.05) is 17.7 Å². The highest BCUT2D eigenvalue weighted by atomic mass is 19.4. The van der Waals surface area contributed by atoms with E-state index in [1.54, 1.807) is 0 Å². The second-order valence-corrected chi connectivity index (χ2v) is 4.05. The van der Waals surface area contributed by atoms with E-state index in [4.69, 9.17) is 9.47 Å². The second-order valence-electron chi connectivity index (χ2n) is 4.05. The van der Waals surface area contributed by atoms with E-state index in [1.807, 2.05) is 0 Å². The Morgan fingerprint density at radius 1 is 0.818 bits per heavy atom. The van der Waals surface area contributed by atoms with E-state index in [-0.39, 0.29) is 34.8 Å². The molecule has 1 rings (SSSR count). The molecule has 0 bridgehead atoms. The van der Waals surface area contributed by atoms with Crippen LogP contribution in [0.1, 0.15) is 11.1 Å². The number of allylic oxidation sites excluding steroid dienone is 2. The van der Waals surface area contributed by atoms with Gasteiger partial charge in [0.25, 0.3) is 0 Å². The molecule has 0 aliphatic rings. The fourth-order valence-electron chi connectivity index (χ4n) is 1.65. The first-order chi connectivity index (χ1) is 10.1. The first-order valence-electron chi connectivity index (χ1n) is 5.84. The average Bonchev–Trinajstić information content (AvgIpc) is 2.40. The van der Waals surface area contributed by atoms with Crippen molar-refractivity contribution in [3.8, 4) is 11.5 Å². The van der Waals surface area contributed by atoms with Crippen molar-refractivity contribution in [3.63, 3.8) is 0 Å². The topological polar surface area (TPSA) is 18.5 Å². The lowest BCUT2D eigenvalue weighted by molar-refractivity contribution is -0.0801. The summed E-state index contributed by atoms with van der Waals surface area (Å²) in [5.74, 6) is 0.0146. The third kappa shape index (κ3) is 5.34. The number of halogens is 6. The van der Waals surface area contributed by atoms with Crippen LogP contribution >= 0.6 is 0 Å². The quantitative estimate of drug-likeness (QED) is 0.736. The summed E-state index contributed by atoms with van der Waals surface area (Å²) in [6.07, 6.45) is -8.05. The minimum Gasteiger partial charge on any atom is -0.493 e. The molecule has 0 aliphatic heterocycles. The highest BCUT2D eigenvalue weighted by Gasteiger charge is 2.24. The Labute approximate surface area is 122 Å². The number of alkyl halides is 6. The van der Waals surface area contributed by atoms with E-state index < -0.39 is 12.4 Å². The maximum absolute atomic E-state index is 12.3. The summed E-state index contributed by atoms with van der Waals surface area (Å²) in [5.41, 5.74) is -0.254. The lowest BCUT2D eigenvalue weighted by Crippen LogP contribution is -2.02. The number of benzene rings is 1.